The molecule has 0 radical (unpaired) electrons. The molecule has 0 bridgehead atoms. The van der Waals surface area contributed by atoms with Crippen LogP contribution in [0.1, 0.15) is 38.4 Å². The molecule has 1 aromatic carbocycles. The van der Waals surface area contributed by atoms with E-state index in [0.29, 0.717) is 6.04 Å². The Hall–Kier alpha value is -2.04. The summed E-state index contributed by atoms with van der Waals surface area (Å²) in [5.74, 6) is 3.34. The highest BCUT2D eigenvalue weighted by Crippen LogP contribution is 2.43. The molecule has 0 N–H and O–H groups in total. The van der Waals surface area contributed by atoms with Crippen molar-refractivity contribution in [3.05, 3.63) is 30.4 Å². The molecule has 5 nitrogen and oxygen atoms in total. The maximum atomic E-state index is 5.66. The van der Waals surface area contributed by atoms with Crippen LogP contribution < -0.4 is 9.64 Å². The first kappa shape index (κ1) is 15.5. The summed E-state index contributed by atoms with van der Waals surface area (Å²) >= 11 is 0. The summed E-state index contributed by atoms with van der Waals surface area (Å²) in [6, 6.07) is 7.17. The van der Waals surface area contributed by atoms with Crippen molar-refractivity contribution in [1.29, 1.82) is 0 Å². The number of hydrogen-bond acceptors (Lipinski definition) is 4. The average molecular weight is 326 g/mol. The molecule has 4 rings (SSSR count). The molecular formula is C19H26N4O. The van der Waals surface area contributed by atoms with E-state index in [1.165, 1.54) is 31.4 Å². The minimum Gasteiger partial charge on any atom is -0.494 e. The van der Waals surface area contributed by atoms with Crippen molar-refractivity contribution in [3.8, 4) is 11.4 Å². The van der Waals surface area contributed by atoms with Gasteiger partial charge in [-0.1, -0.05) is 6.92 Å². The predicted molar refractivity (Wildman–Crippen MR) is 94.9 cm³/mol. The molecule has 2 aliphatic rings. The fraction of sp³-hybridized carbons (Fsp3) is 0.579. The molecule has 128 valence electrons. The van der Waals surface area contributed by atoms with Crippen LogP contribution in [0.25, 0.3) is 5.69 Å². The van der Waals surface area contributed by atoms with Gasteiger partial charge < -0.3 is 9.64 Å². The molecule has 0 amide bonds. The van der Waals surface area contributed by atoms with Gasteiger partial charge in [-0.05, 0) is 56.6 Å². The van der Waals surface area contributed by atoms with Crippen LogP contribution in [-0.2, 0) is 0 Å². The van der Waals surface area contributed by atoms with Crippen molar-refractivity contribution in [2.24, 2.45) is 11.8 Å². The van der Waals surface area contributed by atoms with Gasteiger partial charge >= 0.3 is 0 Å². The van der Waals surface area contributed by atoms with E-state index in [4.69, 9.17) is 4.74 Å². The molecule has 1 saturated carbocycles. The van der Waals surface area contributed by atoms with Gasteiger partial charge in [-0.15, -0.1) is 0 Å². The summed E-state index contributed by atoms with van der Waals surface area (Å²) in [5.41, 5.74) is 2.21. The molecule has 1 aliphatic heterocycles. The van der Waals surface area contributed by atoms with Gasteiger partial charge in [0.1, 0.15) is 23.6 Å². The van der Waals surface area contributed by atoms with Crippen molar-refractivity contribution in [2.75, 3.05) is 18.6 Å². The van der Waals surface area contributed by atoms with Crippen LogP contribution in [0.5, 0.6) is 5.75 Å². The van der Waals surface area contributed by atoms with E-state index in [-0.39, 0.29) is 0 Å². The topological polar surface area (TPSA) is 43.2 Å². The van der Waals surface area contributed by atoms with Crippen molar-refractivity contribution >= 4 is 5.69 Å². The Kier molecular flexibility index (Phi) is 3.94. The Balaban J connectivity index is 1.66. The third-order valence-corrected chi connectivity index (χ3v) is 5.42. The Labute approximate surface area is 143 Å². The summed E-state index contributed by atoms with van der Waals surface area (Å²) in [4.78, 5) is 6.83. The third-order valence-electron chi connectivity index (χ3n) is 5.42. The third kappa shape index (κ3) is 2.87. The summed E-state index contributed by atoms with van der Waals surface area (Å²) in [7, 11) is 1.73. The maximum absolute atomic E-state index is 5.66. The second-order valence-corrected chi connectivity index (χ2v) is 7.32. The average Bonchev–Trinajstić information content (AvgIpc) is 3.35. The molecule has 0 spiro atoms. The highest BCUT2D eigenvalue weighted by atomic mass is 16.5. The summed E-state index contributed by atoms with van der Waals surface area (Å²) in [5, 5.41) is 4.41. The largest absolute Gasteiger partial charge is 0.494 e. The second-order valence-electron chi connectivity index (χ2n) is 7.32. The molecular weight excluding hydrogens is 300 g/mol. The minimum atomic E-state index is 0.693. The number of methoxy groups -OCH3 is 1. The smallest absolute Gasteiger partial charge is 0.147 e. The van der Waals surface area contributed by atoms with Gasteiger partial charge in [0, 0.05) is 24.3 Å². The molecule has 1 saturated heterocycles. The lowest BCUT2D eigenvalue weighted by atomic mass is 9.89. The number of hydrogen-bond donors (Lipinski definition) is 0. The molecule has 2 atom stereocenters. The Morgan fingerprint density at radius 1 is 1.21 bits per heavy atom. The van der Waals surface area contributed by atoms with E-state index in [9.17, 15) is 0 Å². The van der Waals surface area contributed by atoms with Crippen molar-refractivity contribution < 1.29 is 4.74 Å². The second kappa shape index (κ2) is 6.11. The number of aryl methyl sites for hydroxylation is 1. The van der Waals surface area contributed by atoms with E-state index < -0.39 is 0 Å². The van der Waals surface area contributed by atoms with E-state index >= 15 is 0 Å². The van der Waals surface area contributed by atoms with Crippen LogP contribution in [0.2, 0.25) is 0 Å². The SMILES string of the molecule is COc1cc(N2CCC(C)CC2C2CC2)ccc1-n1cnc(C)n1. The molecule has 2 fully saturated rings. The summed E-state index contributed by atoms with van der Waals surface area (Å²) in [6.07, 6.45) is 7.11. The zero-order valence-corrected chi connectivity index (χ0v) is 14.8. The van der Waals surface area contributed by atoms with Crippen molar-refractivity contribution in [3.63, 3.8) is 0 Å². The van der Waals surface area contributed by atoms with E-state index in [1.54, 1.807) is 18.1 Å². The van der Waals surface area contributed by atoms with Crippen LogP contribution in [0.3, 0.4) is 0 Å². The lowest BCUT2D eigenvalue weighted by Crippen LogP contribution is -2.43. The normalized spacial score (nSPS) is 24.2. The quantitative estimate of drug-likeness (QED) is 0.861. The standard InChI is InChI=1S/C19H26N4O/c1-13-8-9-22(18(10-13)15-4-5-15)16-6-7-17(19(11-16)24-3)23-12-20-14(2)21-23/h6-7,11-13,15,18H,4-5,8-10H2,1-3H3. The lowest BCUT2D eigenvalue weighted by Gasteiger charge is -2.40. The van der Waals surface area contributed by atoms with Gasteiger partial charge in [-0.3, -0.25) is 0 Å². The number of benzene rings is 1. The Morgan fingerprint density at radius 2 is 2.04 bits per heavy atom. The van der Waals surface area contributed by atoms with Gasteiger partial charge in [0.15, 0.2) is 0 Å². The minimum absolute atomic E-state index is 0.693. The molecule has 24 heavy (non-hydrogen) atoms. The monoisotopic (exact) mass is 326 g/mol. The first-order valence-electron chi connectivity index (χ1n) is 8.99. The zero-order valence-electron chi connectivity index (χ0n) is 14.8. The molecule has 1 aromatic heterocycles. The summed E-state index contributed by atoms with van der Waals surface area (Å²) < 4.78 is 7.44. The fourth-order valence-corrected chi connectivity index (χ4v) is 3.93. The first-order chi connectivity index (χ1) is 11.7. The van der Waals surface area contributed by atoms with Gasteiger partial charge in [0.2, 0.25) is 0 Å². The van der Waals surface area contributed by atoms with Crippen LogP contribution in [0, 0.1) is 18.8 Å². The molecule has 2 heterocycles. The van der Waals surface area contributed by atoms with Crippen molar-refractivity contribution in [2.45, 2.75) is 45.6 Å². The van der Waals surface area contributed by atoms with Gasteiger partial charge in [0.25, 0.3) is 0 Å². The van der Waals surface area contributed by atoms with Gasteiger partial charge in [-0.25, -0.2) is 9.67 Å². The molecule has 2 unspecified atom stereocenters. The number of piperidine rings is 1. The first-order valence-corrected chi connectivity index (χ1v) is 8.99. The highest BCUT2D eigenvalue weighted by molar-refractivity contribution is 5.59. The van der Waals surface area contributed by atoms with Crippen LogP contribution in [-0.4, -0.2) is 34.5 Å². The van der Waals surface area contributed by atoms with Gasteiger partial charge in [0.05, 0.1) is 7.11 Å². The van der Waals surface area contributed by atoms with Crippen molar-refractivity contribution in [1.82, 2.24) is 14.8 Å². The van der Waals surface area contributed by atoms with Crippen LogP contribution >= 0.6 is 0 Å². The van der Waals surface area contributed by atoms with Gasteiger partial charge in [-0.2, -0.15) is 5.10 Å². The lowest BCUT2D eigenvalue weighted by molar-refractivity contribution is 0.339. The molecule has 5 heteroatoms. The number of rotatable bonds is 4. The Morgan fingerprint density at radius 3 is 2.71 bits per heavy atom. The molecule has 1 aliphatic carbocycles. The number of aromatic nitrogens is 3. The van der Waals surface area contributed by atoms with E-state index in [0.717, 1.165) is 35.6 Å². The number of anilines is 1. The van der Waals surface area contributed by atoms with E-state index in [1.807, 2.05) is 6.92 Å². The summed E-state index contributed by atoms with van der Waals surface area (Å²) in [6.45, 7) is 5.43. The number of nitrogens with zero attached hydrogens (tertiary/aromatic N) is 4. The number of ether oxygens (including phenoxy) is 1. The van der Waals surface area contributed by atoms with Crippen LogP contribution in [0.4, 0.5) is 5.69 Å². The molecule has 2 aromatic rings. The highest BCUT2D eigenvalue weighted by Gasteiger charge is 2.38. The predicted octanol–water partition coefficient (Wildman–Crippen LogP) is 3.60. The van der Waals surface area contributed by atoms with Crippen LogP contribution in [0.15, 0.2) is 24.5 Å². The zero-order chi connectivity index (χ0) is 16.7. The Bertz CT molecular complexity index is 722. The fourth-order valence-electron chi connectivity index (χ4n) is 3.93. The maximum Gasteiger partial charge on any atom is 0.147 e. The van der Waals surface area contributed by atoms with E-state index in [2.05, 4.69) is 40.1 Å².